The number of rotatable bonds is 6. The van der Waals surface area contributed by atoms with E-state index in [9.17, 15) is 4.79 Å². The molecule has 8 heteroatoms. The second kappa shape index (κ2) is 9.60. The van der Waals surface area contributed by atoms with E-state index in [2.05, 4.69) is 10.1 Å². The molecule has 0 aromatic heterocycles. The standard InChI is InChI=1S/C27H22N4O3S/c1-17-8-6-7-11-20(17)26-30-31-24(28)21(25(32)29-27(31)35-26)14-19-12-13-22(23(15-19)33-2)34-16-18-9-4-3-5-10-18/h3-15,28H,16H2,1-2H3. The maximum absolute atomic E-state index is 12.8. The molecule has 1 N–H and O–H groups in total. The lowest BCUT2D eigenvalue weighted by molar-refractivity contribution is -0.114. The largest absolute Gasteiger partial charge is 0.493 e. The highest BCUT2D eigenvalue weighted by Crippen LogP contribution is 2.33. The monoisotopic (exact) mass is 482 g/mol. The average Bonchev–Trinajstić information content (AvgIpc) is 3.30. The molecule has 2 aliphatic rings. The van der Waals surface area contributed by atoms with Crippen LogP contribution in [0.2, 0.25) is 0 Å². The number of amidine groups is 2. The molecule has 3 aromatic rings. The van der Waals surface area contributed by atoms with Crippen molar-refractivity contribution in [2.75, 3.05) is 7.11 Å². The van der Waals surface area contributed by atoms with Crippen molar-refractivity contribution in [2.24, 2.45) is 10.1 Å². The highest BCUT2D eigenvalue weighted by molar-refractivity contribution is 8.27. The molecule has 0 saturated heterocycles. The van der Waals surface area contributed by atoms with Gasteiger partial charge in [0.15, 0.2) is 17.3 Å². The molecular weight excluding hydrogens is 460 g/mol. The second-order valence-electron chi connectivity index (χ2n) is 7.92. The van der Waals surface area contributed by atoms with Crippen molar-refractivity contribution in [2.45, 2.75) is 13.5 Å². The summed E-state index contributed by atoms with van der Waals surface area (Å²) in [6.45, 7) is 2.41. The number of carbonyl (C=O) groups is 1. The minimum absolute atomic E-state index is 0.0144. The fraction of sp³-hybridized carbons (Fsp3) is 0.111. The predicted molar refractivity (Wildman–Crippen MR) is 139 cm³/mol. The Bertz CT molecular complexity index is 1410. The van der Waals surface area contributed by atoms with Gasteiger partial charge in [-0.25, -0.2) is 0 Å². The zero-order valence-electron chi connectivity index (χ0n) is 19.2. The van der Waals surface area contributed by atoms with Crippen LogP contribution in [-0.2, 0) is 11.4 Å². The first-order valence-electron chi connectivity index (χ1n) is 10.9. The van der Waals surface area contributed by atoms with Crippen LogP contribution in [0.3, 0.4) is 0 Å². The molecule has 35 heavy (non-hydrogen) atoms. The maximum atomic E-state index is 12.8. The van der Waals surface area contributed by atoms with Gasteiger partial charge in [0.05, 0.1) is 12.7 Å². The van der Waals surface area contributed by atoms with E-state index in [-0.39, 0.29) is 11.4 Å². The van der Waals surface area contributed by atoms with E-state index < -0.39 is 5.91 Å². The Labute approximate surface area is 207 Å². The first kappa shape index (κ1) is 22.6. The van der Waals surface area contributed by atoms with Crippen LogP contribution in [0.5, 0.6) is 11.5 Å². The number of hydrogen-bond donors (Lipinski definition) is 1. The molecule has 0 saturated carbocycles. The molecule has 0 radical (unpaired) electrons. The van der Waals surface area contributed by atoms with E-state index in [1.165, 1.54) is 16.8 Å². The molecule has 3 aromatic carbocycles. The lowest BCUT2D eigenvalue weighted by atomic mass is 10.1. The summed E-state index contributed by atoms with van der Waals surface area (Å²) in [5.41, 5.74) is 3.91. The van der Waals surface area contributed by atoms with Crippen LogP contribution in [-0.4, -0.2) is 34.1 Å². The third kappa shape index (κ3) is 4.61. The highest BCUT2D eigenvalue weighted by Gasteiger charge is 2.36. The van der Waals surface area contributed by atoms with Gasteiger partial charge < -0.3 is 9.47 Å². The number of nitrogens with one attached hydrogen (secondary N) is 1. The first-order valence-corrected chi connectivity index (χ1v) is 11.8. The number of benzene rings is 3. The van der Waals surface area contributed by atoms with Gasteiger partial charge >= 0.3 is 0 Å². The van der Waals surface area contributed by atoms with Gasteiger partial charge in [-0.05, 0) is 53.6 Å². The van der Waals surface area contributed by atoms with Crippen molar-refractivity contribution < 1.29 is 14.3 Å². The number of carbonyl (C=O) groups excluding carboxylic acids is 1. The molecule has 0 fully saturated rings. The lowest BCUT2D eigenvalue weighted by Gasteiger charge is -2.20. The number of ether oxygens (including phenoxy) is 2. The van der Waals surface area contributed by atoms with E-state index >= 15 is 0 Å². The molecular formula is C27H22N4O3S. The molecule has 0 bridgehead atoms. The third-order valence-electron chi connectivity index (χ3n) is 5.57. The minimum atomic E-state index is -0.474. The molecule has 0 unspecified atom stereocenters. The van der Waals surface area contributed by atoms with Crippen LogP contribution in [0.4, 0.5) is 0 Å². The van der Waals surface area contributed by atoms with Crippen LogP contribution in [0.15, 0.2) is 88.5 Å². The first-order chi connectivity index (χ1) is 17.0. The Morgan fingerprint density at radius 3 is 2.57 bits per heavy atom. The summed E-state index contributed by atoms with van der Waals surface area (Å²) in [6, 6.07) is 23.1. The SMILES string of the molecule is COc1cc(C=C2C(=N)N3N=C(c4ccccc4C)SC3=NC2=O)ccc1OCc1ccccc1. The number of hydrogen-bond acceptors (Lipinski definition) is 6. The van der Waals surface area contributed by atoms with Crippen molar-refractivity contribution in [3.8, 4) is 11.5 Å². The molecule has 0 spiro atoms. The van der Waals surface area contributed by atoms with Gasteiger partial charge in [0.2, 0.25) is 5.17 Å². The molecule has 5 rings (SSSR count). The Kier molecular flexibility index (Phi) is 6.20. The number of aliphatic imine (C=N–C) groups is 1. The molecule has 2 aliphatic heterocycles. The maximum Gasteiger partial charge on any atom is 0.283 e. The van der Waals surface area contributed by atoms with Crippen LogP contribution < -0.4 is 9.47 Å². The fourth-order valence-electron chi connectivity index (χ4n) is 3.71. The van der Waals surface area contributed by atoms with Crippen molar-refractivity contribution in [3.05, 3.63) is 101 Å². The number of fused-ring (bicyclic) bond motifs is 1. The Morgan fingerprint density at radius 1 is 1.03 bits per heavy atom. The third-order valence-corrected chi connectivity index (χ3v) is 6.51. The van der Waals surface area contributed by atoms with Crippen molar-refractivity contribution in [3.63, 3.8) is 0 Å². The molecule has 0 aliphatic carbocycles. The zero-order valence-corrected chi connectivity index (χ0v) is 20.0. The topological polar surface area (TPSA) is 87.3 Å². The van der Waals surface area contributed by atoms with Crippen molar-refractivity contribution in [1.29, 1.82) is 5.41 Å². The summed E-state index contributed by atoms with van der Waals surface area (Å²) in [5.74, 6) is 0.635. The van der Waals surface area contributed by atoms with E-state index in [4.69, 9.17) is 14.9 Å². The van der Waals surface area contributed by atoms with Gasteiger partial charge in [-0.2, -0.15) is 15.1 Å². The quantitative estimate of drug-likeness (QED) is 0.485. The van der Waals surface area contributed by atoms with Crippen LogP contribution >= 0.6 is 11.8 Å². The number of methoxy groups -OCH3 is 1. The van der Waals surface area contributed by atoms with Gasteiger partial charge in [0.1, 0.15) is 11.7 Å². The minimum Gasteiger partial charge on any atom is -0.493 e. The molecule has 174 valence electrons. The number of nitrogens with zero attached hydrogens (tertiary/aromatic N) is 3. The van der Waals surface area contributed by atoms with Crippen molar-refractivity contribution in [1.82, 2.24) is 5.01 Å². The summed E-state index contributed by atoms with van der Waals surface area (Å²) >= 11 is 1.29. The van der Waals surface area contributed by atoms with Crippen molar-refractivity contribution >= 4 is 39.8 Å². The molecule has 7 nitrogen and oxygen atoms in total. The second-order valence-corrected chi connectivity index (χ2v) is 8.88. The lowest BCUT2D eigenvalue weighted by Crippen LogP contribution is -2.35. The van der Waals surface area contributed by atoms with E-state index in [1.54, 1.807) is 25.3 Å². The summed E-state index contributed by atoms with van der Waals surface area (Å²) in [7, 11) is 1.56. The Balaban J connectivity index is 1.39. The predicted octanol–water partition coefficient (Wildman–Crippen LogP) is 5.25. The summed E-state index contributed by atoms with van der Waals surface area (Å²) < 4.78 is 11.4. The van der Waals surface area contributed by atoms with Gasteiger partial charge in [-0.15, -0.1) is 0 Å². The summed E-state index contributed by atoms with van der Waals surface area (Å²) in [5, 5.41) is 15.7. The fourth-order valence-corrected chi connectivity index (χ4v) is 4.69. The van der Waals surface area contributed by atoms with E-state index in [0.717, 1.165) is 16.7 Å². The Morgan fingerprint density at radius 2 is 1.80 bits per heavy atom. The van der Waals surface area contributed by atoms with Gasteiger partial charge in [0.25, 0.3) is 5.91 Å². The highest BCUT2D eigenvalue weighted by atomic mass is 32.2. The van der Waals surface area contributed by atoms with E-state index in [1.807, 2.05) is 67.6 Å². The molecule has 1 amide bonds. The Hall–Kier alpha value is -4.17. The normalized spacial score (nSPS) is 16.2. The molecule has 0 atom stereocenters. The number of thioether (sulfide) groups is 1. The summed E-state index contributed by atoms with van der Waals surface area (Å²) in [6.07, 6.45) is 1.63. The summed E-state index contributed by atoms with van der Waals surface area (Å²) in [4.78, 5) is 17.0. The molecule has 2 heterocycles. The average molecular weight is 483 g/mol. The number of hydrazone groups is 1. The van der Waals surface area contributed by atoms with Gasteiger partial charge in [-0.3, -0.25) is 10.2 Å². The van der Waals surface area contributed by atoms with Crippen LogP contribution in [0, 0.1) is 12.3 Å². The van der Waals surface area contributed by atoms with Gasteiger partial charge in [-0.1, -0.05) is 60.7 Å². The van der Waals surface area contributed by atoms with Gasteiger partial charge in [0, 0.05) is 5.56 Å². The number of amides is 1. The van der Waals surface area contributed by atoms with E-state index in [0.29, 0.717) is 33.9 Å². The smallest absolute Gasteiger partial charge is 0.283 e. The van der Waals surface area contributed by atoms with Crippen LogP contribution in [0.1, 0.15) is 22.3 Å². The zero-order chi connectivity index (χ0) is 24.4. The number of aryl methyl sites for hydroxylation is 1. The van der Waals surface area contributed by atoms with Crippen LogP contribution in [0.25, 0.3) is 6.08 Å².